The largest absolute Gasteiger partial charge is 0.348 e. The Morgan fingerprint density at radius 3 is 2.63 bits per heavy atom. The van der Waals surface area contributed by atoms with Gasteiger partial charge >= 0.3 is 0 Å². The van der Waals surface area contributed by atoms with E-state index in [1.807, 2.05) is 6.07 Å². The molecule has 2 fully saturated rings. The fourth-order valence-corrected chi connectivity index (χ4v) is 6.80. The summed E-state index contributed by atoms with van der Waals surface area (Å²) in [6.45, 7) is -0.0157. The molecule has 3 aromatic rings. The van der Waals surface area contributed by atoms with Crippen molar-refractivity contribution in [1.82, 2.24) is 14.8 Å². The van der Waals surface area contributed by atoms with Crippen LogP contribution in [0.1, 0.15) is 54.6 Å². The first-order chi connectivity index (χ1) is 19.6. The van der Waals surface area contributed by atoms with Gasteiger partial charge in [0.05, 0.1) is 17.0 Å². The second kappa shape index (κ2) is 9.94. The van der Waals surface area contributed by atoms with Crippen LogP contribution in [0.3, 0.4) is 0 Å². The van der Waals surface area contributed by atoms with Gasteiger partial charge in [-0.1, -0.05) is 43.9 Å². The number of likely N-dealkylation sites (N-methyl/N-ethyl adjacent to an activating group) is 1. The molecule has 0 radical (unpaired) electrons. The van der Waals surface area contributed by atoms with Crippen LogP contribution in [-0.4, -0.2) is 58.2 Å². The van der Waals surface area contributed by atoms with E-state index in [0.717, 1.165) is 37.3 Å². The van der Waals surface area contributed by atoms with Crippen molar-refractivity contribution in [2.45, 2.75) is 56.0 Å². The summed E-state index contributed by atoms with van der Waals surface area (Å²) >= 11 is 0. The van der Waals surface area contributed by atoms with E-state index in [4.69, 9.17) is 0 Å². The van der Waals surface area contributed by atoms with Gasteiger partial charge in [-0.25, -0.2) is 13.2 Å². The number of hydrogen-bond acceptors (Lipinski definition) is 4. The van der Waals surface area contributed by atoms with Crippen molar-refractivity contribution < 1.29 is 27.6 Å². The summed E-state index contributed by atoms with van der Waals surface area (Å²) in [4.78, 5) is 46.2. The third-order valence-electron chi connectivity index (χ3n) is 9.01. The van der Waals surface area contributed by atoms with Crippen LogP contribution in [0.4, 0.5) is 18.9 Å². The minimum absolute atomic E-state index is 0.0157. The minimum Gasteiger partial charge on any atom is -0.348 e. The predicted molar refractivity (Wildman–Crippen MR) is 143 cm³/mol. The molecule has 8 nitrogen and oxygen atoms in total. The van der Waals surface area contributed by atoms with Crippen LogP contribution in [0.5, 0.6) is 0 Å². The Labute approximate surface area is 234 Å². The van der Waals surface area contributed by atoms with Gasteiger partial charge in [-0.3, -0.25) is 14.4 Å². The maximum Gasteiger partial charge on any atom is 0.270 e. The zero-order valence-electron chi connectivity index (χ0n) is 22.3. The summed E-state index contributed by atoms with van der Waals surface area (Å²) in [6, 6.07) is 9.01. The van der Waals surface area contributed by atoms with Gasteiger partial charge in [-0.05, 0) is 30.0 Å². The number of nitriles is 1. The van der Waals surface area contributed by atoms with Crippen LogP contribution >= 0.6 is 0 Å². The second-order valence-electron chi connectivity index (χ2n) is 11.3. The number of aromatic amines is 1. The van der Waals surface area contributed by atoms with Gasteiger partial charge in [0.2, 0.25) is 11.8 Å². The molecule has 3 atom stereocenters. The molecule has 2 aromatic carbocycles. The Hall–Kier alpha value is -4.33. The molecule has 3 heterocycles. The smallest absolute Gasteiger partial charge is 0.270 e. The number of H-pyrrole nitrogens is 1. The molecule has 41 heavy (non-hydrogen) atoms. The molecule has 3 aliphatic rings. The van der Waals surface area contributed by atoms with Gasteiger partial charge in [-0.15, -0.1) is 0 Å². The van der Waals surface area contributed by atoms with E-state index in [2.05, 4.69) is 16.4 Å². The normalized spacial score (nSPS) is 22.7. The van der Waals surface area contributed by atoms with Gasteiger partial charge in [-0.2, -0.15) is 5.26 Å². The molecule has 3 amide bonds. The average Bonchev–Trinajstić information content (AvgIpc) is 3.76. The average molecular weight is 564 g/mol. The number of amides is 3. The first-order valence-electron chi connectivity index (χ1n) is 13.7. The van der Waals surface area contributed by atoms with Crippen LogP contribution in [0, 0.1) is 34.7 Å². The molecule has 212 valence electrons. The van der Waals surface area contributed by atoms with Gasteiger partial charge in [0, 0.05) is 37.2 Å². The lowest BCUT2D eigenvalue weighted by Crippen LogP contribution is -2.52. The minimum atomic E-state index is -1.39. The van der Waals surface area contributed by atoms with Crippen LogP contribution in [0.15, 0.2) is 36.4 Å². The van der Waals surface area contributed by atoms with E-state index in [1.165, 1.54) is 16.8 Å². The summed E-state index contributed by atoms with van der Waals surface area (Å²) < 4.78 is 42.5. The highest BCUT2D eigenvalue weighted by Gasteiger charge is 2.56. The van der Waals surface area contributed by atoms with Crippen molar-refractivity contribution in [3.63, 3.8) is 0 Å². The van der Waals surface area contributed by atoms with Crippen LogP contribution in [-0.2, 0) is 15.0 Å². The lowest BCUT2D eigenvalue weighted by atomic mass is 9.80. The number of nitrogens with one attached hydrogen (secondary N) is 2. The zero-order chi connectivity index (χ0) is 29.1. The van der Waals surface area contributed by atoms with Crippen molar-refractivity contribution in [3.8, 4) is 6.07 Å². The highest BCUT2D eigenvalue weighted by molar-refractivity contribution is 6.07. The molecule has 1 saturated carbocycles. The molecule has 11 heteroatoms. The zero-order valence-corrected chi connectivity index (χ0v) is 22.3. The molecular weight excluding hydrogens is 535 g/mol. The van der Waals surface area contributed by atoms with Crippen molar-refractivity contribution >= 4 is 34.3 Å². The standard InChI is InChI=1S/C30H28F3N5O3/c1-37(27(39)23-11-18-20(31)12-21(32)25(33)26(18)35-23)24(10-16-6-2-3-7-16)28(40)38-15-30(13-17(38)14-34)19-8-4-5-9-22(19)36-29(30)41/h4-5,8-9,11-12,16-17,24,35H,2-3,6-7,10,13,15H2,1H3,(H,36,41)/t17?,24-,30-/m0/s1. The summed E-state index contributed by atoms with van der Waals surface area (Å²) in [7, 11) is 1.43. The number of rotatable bonds is 5. The molecule has 1 saturated heterocycles. The van der Waals surface area contributed by atoms with Crippen molar-refractivity contribution in [3.05, 3.63) is 65.1 Å². The number of likely N-dealkylation sites (tertiary alicyclic amines) is 1. The highest BCUT2D eigenvalue weighted by Crippen LogP contribution is 2.46. The Kier molecular flexibility index (Phi) is 6.52. The molecular formula is C30H28F3N5O3. The third-order valence-corrected chi connectivity index (χ3v) is 9.01. The monoisotopic (exact) mass is 563 g/mol. The van der Waals surface area contributed by atoms with E-state index in [9.17, 15) is 32.8 Å². The van der Waals surface area contributed by atoms with E-state index < -0.39 is 52.3 Å². The summed E-state index contributed by atoms with van der Waals surface area (Å²) in [6.07, 6.45) is 4.23. The summed E-state index contributed by atoms with van der Waals surface area (Å²) in [5, 5.41) is 12.6. The maximum absolute atomic E-state index is 14.4. The third kappa shape index (κ3) is 4.24. The first-order valence-corrected chi connectivity index (χ1v) is 13.7. The van der Waals surface area contributed by atoms with Crippen molar-refractivity contribution in [2.75, 3.05) is 18.9 Å². The molecule has 1 aliphatic carbocycles. The molecule has 1 unspecified atom stereocenters. The fraction of sp³-hybridized carbons (Fsp3) is 0.400. The number of aromatic nitrogens is 1. The first kappa shape index (κ1) is 26.9. The molecule has 2 aliphatic heterocycles. The van der Waals surface area contributed by atoms with E-state index in [0.29, 0.717) is 18.2 Å². The Bertz CT molecular complexity index is 1630. The quantitative estimate of drug-likeness (QED) is 0.442. The Balaban J connectivity index is 1.34. The van der Waals surface area contributed by atoms with Crippen LogP contribution < -0.4 is 5.32 Å². The van der Waals surface area contributed by atoms with E-state index in [-0.39, 0.29) is 35.9 Å². The van der Waals surface area contributed by atoms with Gasteiger partial charge in [0.15, 0.2) is 11.6 Å². The van der Waals surface area contributed by atoms with Gasteiger partial charge < -0.3 is 20.1 Å². The Morgan fingerprint density at radius 2 is 1.90 bits per heavy atom. The second-order valence-corrected chi connectivity index (χ2v) is 11.3. The van der Waals surface area contributed by atoms with Crippen LogP contribution in [0.2, 0.25) is 0 Å². The number of para-hydroxylation sites is 1. The molecule has 1 aromatic heterocycles. The fourth-order valence-electron chi connectivity index (χ4n) is 6.80. The number of fused-ring (bicyclic) bond motifs is 3. The molecule has 0 bridgehead atoms. The van der Waals surface area contributed by atoms with Gasteiger partial charge in [0.25, 0.3) is 5.91 Å². The molecule has 6 rings (SSSR count). The summed E-state index contributed by atoms with van der Waals surface area (Å²) in [5.74, 6) is -5.00. The maximum atomic E-state index is 14.4. The number of benzene rings is 2. The lowest BCUT2D eigenvalue weighted by Gasteiger charge is -2.33. The van der Waals surface area contributed by atoms with E-state index in [1.54, 1.807) is 18.2 Å². The SMILES string of the molecule is CN(C(=O)c1cc2c(F)cc(F)c(F)c2[nH]1)[C@@H](CC1CCCC1)C(=O)N1C[C@]2(CC1C#N)C(=O)Nc1ccccc12. The molecule has 2 N–H and O–H groups in total. The Morgan fingerprint density at radius 1 is 1.17 bits per heavy atom. The summed E-state index contributed by atoms with van der Waals surface area (Å²) in [5.41, 5.74) is -0.382. The van der Waals surface area contributed by atoms with Crippen LogP contribution in [0.25, 0.3) is 10.9 Å². The predicted octanol–water partition coefficient (Wildman–Crippen LogP) is 4.62. The number of halogens is 3. The topological polar surface area (TPSA) is 109 Å². The lowest BCUT2D eigenvalue weighted by molar-refractivity contribution is -0.136. The number of hydrogen-bond donors (Lipinski definition) is 2. The number of carbonyl (C=O) groups excluding carboxylic acids is 3. The van der Waals surface area contributed by atoms with Crippen molar-refractivity contribution in [2.24, 2.45) is 5.92 Å². The number of carbonyl (C=O) groups is 3. The number of anilines is 1. The number of nitrogens with zero attached hydrogens (tertiary/aromatic N) is 3. The van der Waals surface area contributed by atoms with E-state index >= 15 is 0 Å². The molecule has 1 spiro atoms. The van der Waals surface area contributed by atoms with Gasteiger partial charge in [0.1, 0.15) is 23.6 Å². The van der Waals surface area contributed by atoms with Crippen molar-refractivity contribution in [1.29, 1.82) is 5.26 Å². The highest BCUT2D eigenvalue weighted by atomic mass is 19.2.